The van der Waals surface area contributed by atoms with Crippen LogP contribution in [0.3, 0.4) is 0 Å². The highest BCUT2D eigenvalue weighted by molar-refractivity contribution is 5.68. The van der Waals surface area contributed by atoms with Gasteiger partial charge in [-0.25, -0.2) is 4.79 Å². The maximum absolute atomic E-state index is 12.3. The topological polar surface area (TPSA) is 94.4 Å². The first kappa shape index (κ1) is 25.9. The van der Waals surface area contributed by atoms with Crippen LogP contribution in [0, 0.1) is 16.7 Å². The van der Waals surface area contributed by atoms with Gasteiger partial charge in [0.2, 0.25) is 0 Å². The molecule has 0 saturated heterocycles. The van der Waals surface area contributed by atoms with Gasteiger partial charge in [0, 0.05) is 19.5 Å². The third-order valence-electron chi connectivity index (χ3n) is 5.59. The van der Waals surface area contributed by atoms with Crippen molar-refractivity contribution in [1.29, 1.82) is 5.26 Å². The summed E-state index contributed by atoms with van der Waals surface area (Å²) >= 11 is 0. The molecule has 1 aromatic carbocycles. The number of aliphatic hydroxyl groups excluding tert-OH is 1. The molecule has 0 saturated carbocycles. The Labute approximate surface area is 182 Å². The van der Waals surface area contributed by atoms with Crippen LogP contribution in [0.4, 0.5) is 4.79 Å². The van der Waals surface area contributed by atoms with Gasteiger partial charge in [0.15, 0.2) is 0 Å². The monoisotopic (exact) mass is 417 g/mol. The molecular weight excluding hydrogens is 378 g/mol. The van der Waals surface area contributed by atoms with Crippen LogP contribution in [-0.4, -0.2) is 42.0 Å². The van der Waals surface area contributed by atoms with E-state index in [1.54, 1.807) is 0 Å². The van der Waals surface area contributed by atoms with Gasteiger partial charge in [-0.15, -0.1) is 0 Å². The molecule has 0 bridgehead atoms. The summed E-state index contributed by atoms with van der Waals surface area (Å²) in [5, 5.41) is 26.0. The number of amides is 1. The highest BCUT2D eigenvalue weighted by Crippen LogP contribution is 2.31. The molecule has 0 aliphatic carbocycles. The van der Waals surface area contributed by atoms with Gasteiger partial charge < -0.3 is 20.5 Å². The van der Waals surface area contributed by atoms with E-state index < -0.39 is 23.8 Å². The standard InChI is InChI=1S/C24H39N3O3/c1-6-24(7-2,14-11-15-25)18-26-17-21(28)20(16-19-12-9-8-10-13-19)27-22(29)30-23(3,4)5/h8-10,12-13,20-21,26,28H,6-7,11,14,16-18H2,1-5H3,(H,27,29)/t20-,21+/m0/s1. The number of nitrogens with zero attached hydrogens (tertiary/aromatic N) is 1. The first-order valence-corrected chi connectivity index (χ1v) is 10.9. The van der Waals surface area contributed by atoms with Gasteiger partial charge >= 0.3 is 6.09 Å². The molecule has 0 spiro atoms. The zero-order chi connectivity index (χ0) is 22.6. The lowest BCUT2D eigenvalue weighted by Gasteiger charge is -2.33. The lowest BCUT2D eigenvalue weighted by molar-refractivity contribution is 0.0418. The molecule has 0 aromatic heterocycles. The number of aliphatic hydroxyl groups is 1. The summed E-state index contributed by atoms with van der Waals surface area (Å²) in [5.41, 5.74) is 0.471. The smallest absolute Gasteiger partial charge is 0.407 e. The lowest BCUT2D eigenvalue weighted by atomic mass is 9.78. The maximum Gasteiger partial charge on any atom is 0.407 e. The lowest BCUT2D eigenvalue weighted by Crippen LogP contribution is -2.50. The van der Waals surface area contributed by atoms with E-state index in [4.69, 9.17) is 10.00 Å². The van der Waals surface area contributed by atoms with Crippen molar-refractivity contribution in [2.45, 2.75) is 84.5 Å². The number of benzene rings is 1. The number of carbonyl (C=O) groups excluding carboxylic acids is 1. The van der Waals surface area contributed by atoms with E-state index in [1.165, 1.54) is 0 Å². The Kier molecular flexibility index (Phi) is 10.9. The summed E-state index contributed by atoms with van der Waals surface area (Å²) in [6, 6.07) is 11.5. The van der Waals surface area contributed by atoms with Gasteiger partial charge in [0.25, 0.3) is 0 Å². The van der Waals surface area contributed by atoms with Gasteiger partial charge in [-0.05, 0) is 57.4 Å². The predicted molar refractivity (Wildman–Crippen MR) is 120 cm³/mol. The quantitative estimate of drug-likeness (QED) is 0.474. The van der Waals surface area contributed by atoms with Crippen LogP contribution < -0.4 is 10.6 Å². The zero-order valence-electron chi connectivity index (χ0n) is 19.2. The van der Waals surface area contributed by atoms with Gasteiger partial charge in [-0.3, -0.25) is 0 Å². The van der Waals surface area contributed by atoms with E-state index in [9.17, 15) is 9.90 Å². The van der Waals surface area contributed by atoms with Crippen molar-refractivity contribution in [3.05, 3.63) is 35.9 Å². The molecule has 6 heteroatoms. The van der Waals surface area contributed by atoms with Crippen LogP contribution >= 0.6 is 0 Å². The summed E-state index contributed by atoms with van der Waals surface area (Å²) in [4.78, 5) is 12.3. The molecule has 0 aliphatic heterocycles. The zero-order valence-corrected chi connectivity index (χ0v) is 19.2. The van der Waals surface area contributed by atoms with Crippen LogP contribution in [0.2, 0.25) is 0 Å². The average Bonchev–Trinajstić information content (AvgIpc) is 2.69. The number of hydrogen-bond acceptors (Lipinski definition) is 5. The number of carbonyl (C=O) groups is 1. The Morgan fingerprint density at radius 3 is 2.37 bits per heavy atom. The first-order valence-electron chi connectivity index (χ1n) is 10.9. The number of nitriles is 1. The van der Waals surface area contributed by atoms with E-state index in [2.05, 4.69) is 30.6 Å². The van der Waals surface area contributed by atoms with E-state index in [1.807, 2.05) is 51.1 Å². The molecule has 2 atom stereocenters. The average molecular weight is 418 g/mol. The molecule has 168 valence electrons. The molecule has 0 radical (unpaired) electrons. The Morgan fingerprint density at radius 1 is 1.20 bits per heavy atom. The molecule has 0 unspecified atom stereocenters. The van der Waals surface area contributed by atoms with E-state index in [0.717, 1.165) is 31.4 Å². The first-order chi connectivity index (χ1) is 14.1. The second-order valence-electron chi connectivity index (χ2n) is 9.01. The van der Waals surface area contributed by atoms with Crippen molar-refractivity contribution in [2.75, 3.05) is 13.1 Å². The summed E-state index contributed by atoms with van der Waals surface area (Å²) < 4.78 is 5.38. The minimum Gasteiger partial charge on any atom is -0.444 e. The molecule has 3 N–H and O–H groups in total. The van der Waals surface area contributed by atoms with Crippen LogP contribution in [0.25, 0.3) is 0 Å². The Bertz CT molecular complexity index is 661. The number of hydrogen-bond donors (Lipinski definition) is 3. The van der Waals surface area contributed by atoms with Crippen molar-refractivity contribution in [3.8, 4) is 6.07 Å². The van der Waals surface area contributed by atoms with Crippen molar-refractivity contribution in [3.63, 3.8) is 0 Å². The van der Waals surface area contributed by atoms with Gasteiger partial charge in [-0.1, -0.05) is 44.2 Å². The van der Waals surface area contributed by atoms with Crippen LogP contribution in [0.15, 0.2) is 30.3 Å². The number of ether oxygens (including phenoxy) is 1. The Balaban J connectivity index is 2.77. The van der Waals surface area contributed by atoms with E-state index >= 15 is 0 Å². The summed E-state index contributed by atoms with van der Waals surface area (Å²) in [6.45, 7) is 10.8. The minimum absolute atomic E-state index is 0.0446. The third-order valence-corrected chi connectivity index (χ3v) is 5.59. The largest absolute Gasteiger partial charge is 0.444 e. The second kappa shape index (κ2) is 12.6. The molecule has 0 fully saturated rings. The molecule has 1 amide bonds. The summed E-state index contributed by atoms with van der Waals surface area (Å²) in [6.07, 6.45) is 2.50. The fourth-order valence-electron chi connectivity index (χ4n) is 3.50. The second-order valence-corrected chi connectivity index (χ2v) is 9.01. The molecule has 1 rings (SSSR count). The normalized spacial score (nSPS) is 13.9. The molecule has 0 heterocycles. The van der Waals surface area contributed by atoms with Gasteiger partial charge in [0.05, 0.1) is 18.2 Å². The Hall–Kier alpha value is -2.10. The molecule has 30 heavy (non-hydrogen) atoms. The molecule has 6 nitrogen and oxygen atoms in total. The van der Waals surface area contributed by atoms with E-state index in [-0.39, 0.29) is 5.41 Å². The van der Waals surface area contributed by atoms with Gasteiger partial charge in [-0.2, -0.15) is 5.26 Å². The minimum atomic E-state index is -0.778. The third kappa shape index (κ3) is 9.60. The van der Waals surface area contributed by atoms with Crippen molar-refractivity contribution in [2.24, 2.45) is 5.41 Å². The Morgan fingerprint density at radius 2 is 1.83 bits per heavy atom. The predicted octanol–water partition coefficient (Wildman–Crippen LogP) is 4.18. The highest BCUT2D eigenvalue weighted by atomic mass is 16.6. The van der Waals surface area contributed by atoms with Crippen molar-refractivity contribution in [1.82, 2.24) is 10.6 Å². The van der Waals surface area contributed by atoms with Crippen LogP contribution in [-0.2, 0) is 11.2 Å². The summed E-state index contributed by atoms with van der Waals surface area (Å²) in [7, 11) is 0. The fraction of sp³-hybridized carbons (Fsp3) is 0.667. The number of alkyl carbamates (subject to hydrolysis) is 1. The SMILES string of the molecule is CCC(CC)(CCC#N)CNC[C@@H](O)[C@H](Cc1ccccc1)NC(=O)OC(C)(C)C. The van der Waals surface area contributed by atoms with Crippen LogP contribution in [0.5, 0.6) is 0 Å². The van der Waals surface area contributed by atoms with E-state index in [0.29, 0.717) is 19.4 Å². The molecular formula is C24H39N3O3. The number of rotatable bonds is 12. The highest BCUT2D eigenvalue weighted by Gasteiger charge is 2.28. The molecule has 0 aliphatic rings. The van der Waals surface area contributed by atoms with Gasteiger partial charge in [0.1, 0.15) is 5.60 Å². The summed E-state index contributed by atoms with van der Waals surface area (Å²) in [5.74, 6) is 0. The van der Waals surface area contributed by atoms with Crippen molar-refractivity contribution >= 4 is 6.09 Å². The van der Waals surface area contributed by atoms with Crippen LogP contribution in [0.1, 0.15) is 65.9 Å². The fourth-order valence-corrected chi connectivity index (χ4v) is 3.50. The molecule has 1 aromatic rings. The van der Waals surface area contributed by atoms with Crippen molar-refractivity contribution < 1.29 is 14.6 Å². The number of nitrogens with one attached hydrogen (secondary N) is 2. The maximum atomic E-state index is 12.3.